The molecule has 2 amide bonds. The van der Waals surface area contributed by atoms with Crippen LogP contribution in [0.2, 0.25) is 0 Å². The lowest BCUT2D eigenvalue weighted by Crippen LogP contribution is -2.41. The van der Waals surface area contributed by atoms with Crippen LogP contribution in [0.25, 0.3) is 5.65 Å². The van der Waals surface area contributed by atoms with Crippen LogP contribution in [-0.2, 0) is 10.0 Å². The number of carbonyl (C=O) groups is 2. The summed E-state index contributed by atoms with van der Waals surface area (Å²) in [4.78, 5) is 24.7. The minimum absolute atomic E-state index is 0.0742. The molecule has 0 saturated carbocycles. The third kappa shape index (κ3) is 5.13. The van der Waals surface area contributed by atoms with E-state index in [0.717, 1.165) is 0 Å². The van der Waals surface area contributed by atoms with Gasteiger partial charge >= 0.3 is 0 Å². The van der Waals surface area contributed by atoms with Gasteiger partial charge in [0.2, 0.25) is 0 Å². The number of hydrogen-bond acceptors (Lipinski definition) is 7. The summed E-state index contributed by atoms with van der Waals surface area (Å²) in [7, 11) is -3.82. The first kappa shape index (κ1) is 22.7. The Morgan fingerprint density at radius 3 is 2.24 bits per heavy atom. The van der Waals surface area contributed by atoms with Crippen LogP contribution in [-0.4, -0.2) is 41.4 Å². The van der Waals surface area contributed by atoms with Crippen LogP contribution in [0, 0.1) is 0 Å². The number of rotatable bonds is 7. The number of hydrogen-bond donors (Lipinski definition) is 3. The van der Waals surface area contributed by atoms with Crippen molar-refractivity contribution >= 4 is 33.2 Å². The maximum absolute atomic E-state index is 12.6. The number of hydrazine groups is 1. The van der Waals surface area contributed by atoms with E-state index in [9.17, 15) is 18.0 Å². The molecule has 0 atom stereocenters. The zero-order chi connectivity index (χ0) is 24.1. The summed E-state index contributed by atoms with van der Waals surface area (Å²) in [6.45, 7) is 2.32. The number of benzene rings is 2. The topological polar surface area (TPSA) is 144 Å². The maximum Gasteiger partial charge on any atom is 0.271 e. The fourth-order valence-corrected chi connectivity index (χ4v) is 4.06. The smallest absolute Gasteiger partial charge is 0.271 e. The molecule has 0 aliphatic carbocycles. The van der Waals surface area contributed by atoms with Crippen molar-refractivity contribution in [2.45, 2.75) is 11.8 Å². The molecule has 11 nitrogen and oxygen atoms in total. The standard InChI is InChI=1S/C22H20N6O5S/c1-2-33-18-8-10-19(11-9-18)34(31,32)27-17-6-3-15(4-7-17)21(29)25-26-22(30)16-5-12-20-24-23-14-28(20)13-16/h3-14,27H,2H2,1H3,(H,25,29)(H,26,30). The Morgan fingerprint density at radius 1 is 0.912 bits per heavy atom. The van der Waals surface area contributed by atoms with Crippen LogP contribution in [0.1, 0.15) is 27.6 Å². The Kier molecular flexibility index (Phi) is 6.41. The number of anilines is 1. The molecule has 4 rings (SSSR count). The third-order valence-electron chi connectivity index (χ3n) is 4.69. The molecule has 0 spiro atoms. The first-order valence-electron chi connectivity index (χ1n) is 10.1. The van der Waals surface area contributed by atoms with E-state index in [1.165, 1.54) is 48.9 Å². The Morgan fingerprint density at radius 2 is 1.56 bits per heavy atom. The first-order valence-corrected chi connectivity index (χ1v) is 11.6. The minimum Gasteiger partial charge on any atom is -0.494 e. The highest BCUT2D eigenvalue weighted by Gasteiger charge is 2.15. The van der Waals surface area contributed by atoms with Crippen LogP contribution in [0.15, 0.2) is 78.1 Å². The predicted molar refractivity (Wildman–Crippen MR) is 123 cm³/mol. The van der Waals surface area contributed by atoms with Crippen molar-refractivity contribution in [3.63, 3.8) is 0 Å². The van der Waals surface area contributed by atoms with E-state index in [4.69, 9.17) is 4.74 Å². The number of sulfonamides is 1. The lowest BCUT2D eigenvalue weighted by atomic mass is 10.2. The second-order valence-electron chi connectivity index (χ2n) is 7.01. The zero-order valence-corrected chi connectivity index (χ0v) is 18.7. The van der Waals surface area contributed by atoms with Gasteiger partial charge in [0.15, 0.2) is 5.65 Å². The number of carbonyl (C=O) groups excluding carboxylic acids is 2. The number of aromatic nitrogens is 3. The average Bonchev–Trinajstić information content (AvgIpc) is 3.31. The molecule has 12 heteroatoms. The SMILES string of the molecule is CCOc1ccc(S(=O)(=O)Nc2ccc(C(=O)NNC(=O)c3ccc4nncn4c3)cc2)cc1. The summed E-state index contributed by atoms with van der Waals surface area (Å²) < 4.78 is 34.5. The van der Waals surface area contributed by atoms with Crippen LogP contribution < -0.4 is 20.3 Å². The molecular formula is C22H20N6O5S. The normalized spacial score (nSPS) is 11.1. The van der Waals surface area contributed by atoms with E-state index in [0.29, 0.717) is 23.6 Å². The van der Waals surface area contributed by atoms with E-state index < -0.39 is 21.8 Å². The molecule has 2 heterocycles. The molecule has 3 N–H and O–H groups in total. The molecule has 0 unspecified atom stereocenters. The molecular weight excluding hydrogens is 460 g/mol. The Hall–Kier alpha value is -4.45. The van der Waals surface area contributed by atoms with Gasteiger partial charge in [-0.05, 0) is 67.6 Å². The quantitative estimate of drug-likeness (QED) is 0.343. The first-order chi connectivity index (χ1) is 16.4. The summed E-state index contributed by atoms with van der Waals surface area (Å²) in [6.07, 6.45) is 2.98. The van der Waals surface area contributed by atoms with E-state index >= 15 is 0 Å². The molecule has 0 saturated heterocycles. The largest absolute Gasteiger partial charge is 0.494 e. The molecule has 0 fully saturated rings. The molecule has 0 aliphatic heterocycles. The molecule has 2 aromatic carbocycles. The predicted octanol–water partition coefficient (Wildman–Crippen LogP) is 2.00. The van der Waals surface area contributed by atoms with Gasteiger partial charge in [-0.3, -0.25) is 29.6 Å². The number of nitrogens with one attached hydrogen (secondary N) is 3. The van der Waals surface area contributed by atoms with Gasteiger partial charge in [-0.15, -0.1) is 10.2 Å². The number of amides is 2. The maximum atomic E-state index is 12.6. The second kappa shape index (κ2) is 9.58. The fraction of sp³-hybridized carbons (Fsp3) is 0.0909. The van der Waals surface area contributed by atoms with Crippen LogP contribution in [0.5, 0.6) is 5.75 Å². The summed E-state index contributed by atoms with van der Waals surface area (Å²) in [5.74, 6) is -0.522. The zero-order valence-electron chi connectivity index (χ0n) is 17.9. The van der Waals surface area contributed by atoms with E-state index in [-0.39, 0.29) is 16.1 Å². The van der Waals surface area contributed by atoms with Crippen LogP contribution >= 0.6 is 0 Å². The summed E-state index contributed by atoms with van der Waals surface area (Å²) in [6, 6.07) is 15.0. The van der Waals surface area contributed by atoms with Crippen molar-refractivity contribution in [3.05, 3.63) is 84.3 Å². The summed E-state index contributed by atoms with van der Waals surface area (Å²) >= 11 is 0. The van der Waals surface area contributed by atoms with Crippen molar-refractivity contribution in [2.24, 2.45) is 0 Å². The Labute approximate surface area is 194 Å². The monoisotopic (exact) mass is 480 g/mol. The number of nitrogens with zero attached hydrogens (tertiary/aromatic N) is 3. The highest BCUT2D eigenvalue weighted by Crippen LogP contribution is 2.19. The van der Waals surface area contributed by atoms with Gasteiger partial charge in [-0.1, -0.05) is 0 Å². The average molecular weight is 481 g/mol. The van der Waals surface area contributed by atoms with Crippen molar-refractivity contribution < 1.29 is 22.7 Å². The highest BCUT2D eigenvalue weighted by atomic mass is 32.2. The van der Waals surface area contributed by atoms with Gasteiger partial charge in [0, 0.05) is 17.4 Å². The Balaban J connectivity index is 1.35. The van der Waals surface area contributed by atoms with Crippen molar-refractivity contribution in [1.29, 1.82) is 0 Å². The van der Waals surface area contributed by atoms with E-state index in [1.54, 1.807) is 28.7 Å². The van der Waals surface area contributed by atoms with Gasteiger partial charge < -0.3 is 4.74 Å². The highest BCUT2D eigenvalue weighted by molar-refractivity contribution is 7.92. The van der Waals surface area contributed by atoms with Crippen molar-refractivity contribution in [1.82, 2.24) is 25.4 Å². The van der Waals surface area contributed by atoms with Gasteiger partial charge in [-0.2, -0.15) is 0 Å². The fourth-order valence-electron chi connectivity index (χ4n) is 3.01. The molecule has 0 aliphatic rings. The van der Waals surface area contributed by atoms with Gasteiger partial charge in [-0.25, -0.2) is 8.42 Å². The Bertz CT molecular complexity index is 1430. The molecule has 174 valence electrons. The minimum atomic E-state index is -3.82. The number of fused-ring (bicyclic) bond motifs is 1. The molecule has 0 radical (unpaired) electrons. The summed E-state index contributed by atoms with van der Waals surface area (Å²) in [5, 5.41) is 7.59. The molecule has 0 bridgehead atoms. The number of pyridine rings is 1. The van der Waals surface area contributed by atoms with E-state index in [1.807, 2.05) is 6.92 Å². The second-order valence-corrected chi connectivity index (χ2v) is 8.69. The van der Waals surface area contributed by atoms with Crippen LogP contribution in [0.3, 0.4) is 0 Å². The van der Waals surface area contributed by atoms with Crippen molar-refractivity contribution in [3.8, 4) is 5.75 Å². The molecule has 4 aromatic rings. The van der Waals surface area contributed by atoms with Gasteiger partial charge in [0.1, 0.15) is 12.1 Å². The van der Waals surface area contributed by atoms with Gasteiger partial charge in [0.25, 0.3) is 21.8 Å². The lowest BCUT2D eigenvalue weighted by Gasteiger charge is -2.10. The molecule has 34 heavy (non-hydrogen) atoms. The van der Waals surface area contributed by atoms with Crippen LogP contribution in [0.4, 0.5) is 5.69 Å². The van der Waals surface area contributed by atoms with Crippen molar-refractivity contribution in [2.75, 3.05) is 11.3 Å². The number of ether oxygens (including phenoxy) is 1. The lowest BCUT2D eigenvalue weighted by molar-refractivity contribution is 0.0846. The summed E-state index contributed by atoms with van der Waals surface area (Å²) in [5.41, 5.74) is 6.02. The van der Waals surface area contributed by atoms with Gasteiger partial charge in [0.05, 0.1) is 17.1 Å². The molecule has 2 aromatic heterocycles. The third-order valence-corrected chi connectivity index (χ3v) is 6.08. The van der Waals surface area contributed by atoms with E-state index in [2.05, 4.69) is 25.8 Å².